The van der Waals surface area contributed by atoms with Crippen molar-refractivity contribution in [3.05, 3.63) is 127 Å². The molecule has 0 bridgehead atoms. The number of amidine groups is 1. The summed E-state index contributed by atoms with van der Waals surface area (Å²) >= 11 is 0. The first-order valence-corrected chi connectivity index (χ1v) is 12.7. The van der Waals surface area contributed by atoms with E-state index in [2.05, 4.69) is 88.7 Å². The largest absolute Gasteiger partial charge is 0.373 e. The van der Waals surface area contributed by atoms with Crippen LogP contribution in [-0.4, -0.2) is 28.0 Å². The molecule has 0 radical (unpaired) electrons. The molecule has 0 aliphatic carbocycles. The van der Waals surface area contributed by atoms with Crippen molar-refractivity contribution in [1.29, 1.82) is 5.41 Å². The Morgan fingerprint density at radius 1 is 0.605 bits per heavy atom. The summed E-state index contributed by atoms with van der Waals surface area (Å²) in [5.74, 6) is 0.805. The van der Waals surface area contributed by atoms with E-state index in [-0.39, 0.29) is 5.96 Å². The molecule has 5 nitrogen and oxygen atoms in total. The van der Waals surface area contributed by atoms with Gasteiger partial charge in [0.2, 0.25) is 5.96 Å². The van der Waals surface area contributed by atoms with E-state index in [9.17, 15) is 5.41 Å². The summed E-state index contributed by atoms with van der Waals surface area (Å²) in [6, 6.07) is 41.6. The minimum absolute atomic E-state index is 0.154. The second-order valence-electron chi connectivity index (χ2n) is 9.30. The highest BCUT2D eigenvalue weighted by atomic mass is 15.2. The van der Waals surface area contributed by atoms with Crippen LogP contribution in [-0.2, 0) is 0 Å². The summed E-state index contributed by atoms with van der Waals surface area (Å²) in [5.41, 5.74) is 6.14. The van der Waals surface area contributed by atoms with Gasteiger partial charge in [-0.3, -0.25) is 9.98 Å². The Hall–Kier alpha value is -5.16. The zero-order valence-corrected chi connectivity index (χ0v) is 20.9. The van der Waals surface area contributed by atoms with Crippen LogP contribution < -0.4 is 5.32 Å². The summed E-state index contributed by atoms with van der Waals surface area (Å²) in [6.07, 6.45) is 0. The van der Waals surface area contributed by atoms with E-state index in [0.717, 1.165) is 49.5 Å². The number of benzene rings is 5. The molecule has 0 spiro atoms. The topological polar surface area (TPSA) is 58.1 Å². The first-order chi connectivity index (χ1) is 18.8. The Morgan fingerprint density at radius 2 is 1.16 bits per heavy atom. The quantitative estimate of drug-likeness (QED) is 0.193. The predicted octanol–water partition coefficient (Wildman–Crippen LogP) is 7.34. The van der Waals surface area contributed by atoms with E-state index in [1.165, 1.54) is 5.39 Å². The molecular formula is C33H25N5. The van der Waals surface area contributed by atoms with Crippen molar-refractivity contribution in [3.8, 4) is 5.69 Å². The number of fused-ring (bicyclic) bond motifs is 7. The molecule has 2 heterocycles. The standard InChI is InChI=1S/C33H25N5/c1-35-32(22-12-4-2-5-13-22)36-33(34)38-29-19-11-9-17-25(29)27-21-20-26-24-16-8-10-18-28(24)37(30(26)31(27)38)23-14-6-3-7-15-23/h2-21H,1H3,(H2,34,35,36). The van der Waals surface area contributed by atoms with Crippen molar-refractivity contribution in [2.45, 2.75) is 0 Å². The molecule has 2 aromatic heterocycles. The molecular weight excluding hydrogens is 466 g/mol. The molecule has 38 heavy (non-hydrogen) atoms. The van der Waals surface area contributed by atoms with Gasteiger partial charge in [0.05, 0.1) is 22.1 Å². The average molecular weight is 492 g/mol. The predicted molar refractivity (Wildman–Crippen MR) is 159 cm³/mol. The Labute approximate surface area is 219 Å². The number of nitrogens with one attached hydrogen (secondary N) is 2. The molecule has 0 fully saturated rings. The number of aliphatic imine (C=N–C) groups is 1. The zero-order valence-electron chi connectivity index (χ0n) is 20.9. The number of nitrogens with zero attached hydrogens (tertiary/aromatic N) is 3. The van der Waals surface area contributed by atoms with Gasteiger partial charge in [-0.2, -0.15) is 4.99 Å². The molecule has 182 valence electrons. The molecule has 0 amide bonds. The van der Waals surface area contributed by atoms with Crippen LogP contribution in [0.1, 0.15) is 5.56 Å². The van der Waals surface area contributed by atoms with Crippen molar-refractivity contribution < 1.29 is 0 Å². The minimum Gasteiger partial charge on any atom is -0.373 e. The van der Waals surface area contributed by atoms with Crippen LogP contribution >= 0.6 is 0 Å². The third-order valence-electron chi connectivity index (χ3n) is 7.20. The summed E-state index contributed by atoms with van der Waals surface area (Å²) in [4.78, 5) is 4.81. The smallest absolute Gasteiger partial charge is 0.229 e. The Morgan fingerprint density at radius 3 is 1.84 bits per heavy atom. The number of rotatable bonds is 2. The van der Waals surface area contributed by atoms with Crippen LogP contribution in [0.3, 0.4) is 0 Å². The molecule has 0 saturated heterocycles. The number of hydrogen-bond donors (Lipinski definition) is 2. The Kier molecular flexibility index (Phi) is 5.08. The zero-order chi connectivity index (χ0) is 25.6. The Bertz CT molecular complexity index is 2010. The van der Waals surface area contributed by atoms with Crippen LogP contribution in [0.15, 0.2) is 126 Å². The molecule has 7 aromatic rings. The van der Waals surface area contributed by atoms with E-state index in [1.807, 2.05) is 54.1 Å². The number of hydrogen-bond acceptors (Lipinski definition) is 1. The van der Waals surface area contributed by atoms with Crippen LogP contribution in [0.4, 0.5) is 0 Å². The van der Waals surface area contributed by atoms with Gasteiger partial charge in [-0.05, 0) is 24.3 Å². The van der Waals surface area contributed by atoms with Crippen LogP contribution in [0.5, 0.6) is 0 Å². The van der Waals surface area contributed by atoms with Crippen molar-refractivity contribution in [3.63, 3.8) is 0 Å². The van der Waals surface area contributed by atoms with Gasteiger partial charge in [-0.15, -0.1) is 0 Å². The maximum absolute atomic E-state index is 9.30. The Balaban J connectivity index is 1.64. The fraction of sp³-hybridized carbons (Fsp3) is 0.0303. The first-order valence-electron chi connectivity index (χ1n) is 12.7. The lowest BCUT2D eigenvalue weighted by molar-refractivity contribution is 1.13. The first kappa shape index (κ1) is 22.1. The molecule has 0 unspecified atom stereocenters. The van der Waals surface area contributed by atoms with Gasteiger partial charge in [0, 0.05) is 39.8 Å². The van der Waals surface area contributed by atoms with E-state index >= 15 is 0 Å². The molecule has 0 saturated carbocycles. The van der Waals surface area contributed by atoms with E-state index < -0.39 is 0 Å². The monoisotopic (exact) mass is 491 g/mol. The SMILES string of the molecule is CNC(=NC(=N)n1c2ccccc2c2ccc3c4ccccc4n(-c4ccccc4)c3c21)c1ccccc1. The third kappa shape index (κ3) is 3.26. The maximum Gasteiger partial charge on any atom is 0.229 e. The summed E-state index contributed by atoms with van der Waals surface area (Å²) < 4.78 is 4.31. The highest BCUT2D eigenvalue weighted by Gasteiger charge is 2.21. The number of para-hydroxylation sites is 3. The number of aromatic nitrogens is 2. The molecule has 7 rings (SSSR count). The highest BCUT2D eigenvalue weighted by Crippen LogP contribution is 2.40. The average Bonchev–Trinajstić information content (AvgIpc) is 3.50. The van der Waals surface area contributed by atoms with Crippen molar-refractivity contribution in [1.82, 2.24) is 14.5 Å². The summed E-state index contributed by atoms with van der Waals surface area (Å²) in [7, 11) is 1.84. The van der Waals surface area contributed by atoms with Crippen molar-refractivity contribution in [2.75, 3.05) is 7.05 Å². The molecule has 2 N–H and O–H groups in total. The molecule has 0 atom stereocenters. The van der Waals surface area contributed by atoms with Gasteiger partial charge in [-0.25, -0.2) is 0 Å². The molecule has 5 heteroatoms. The van der Waals surface area contributed by atoms with Crippen LogP contribution in [0, 0.1) is 5.41 Å². The second-order valence-corrected chi connectivity index (χ2v) is 9.30. The van der Waals surface area contributed by atoms with Gasteiger partial charge in [0.25, 0.3) is 0 Å². The lowest BCUT2D eigenvalue weighted by Crippen LogP contribution is -2.23. The highest BCUT2D eigenvalue weighted by molar-refractivity contribution is 6.26. The summed E-state index contributed by atoms with van der Waals surface area (Å²) in [6.45, 7) is 0. The van der Waals surface area contributed by atoms with E-state index in [4.69, 9.17) is 4.99 Å². The van der Waals surface area contributed by atoms with Gasteiger partial charge in [0.1, 0.15) is 5.84 Å². The second kappa shape index (κ2) is 8.75. The minimum atomic E-state index is 0.154. The normalized spacial score (nSPS) is 12.1. The van der Waals surface area contributed by atoms with Gasteiger partial charge in [0.15, 0.2) is 0 Å². The van der Waals surface area contributed by atoms with Gasteiger partial charge >= 0.3 is 0 Å². The van der Waals surface area contributed by atoms with E-state index in [0.29, 0.717) is 5.84 Å². The lowest BCUT2D eigenvalue weighted by Gasteiger charge is -2.12. The fourth-order valence-electron chi connectivity index (χ4n) is 5.58. The van der Waals surface area contributed by atoms with Crippen molar-refractivity contribution >= 4 is 55.4 Å². The molecule has 0 aliphatic rings. The summed E-state index contributed by atoms with van der Waals surface area (Å²) in [5, 5.41) is 17.0. The lowest BCUT2D eigenvalue weighted by atomic mass is 10.1. The maximum atomic E-state index is 9.30. The van der Waals surface area contributed by atoms with Crippen molar-refractivity contribution in [2.24, 2.45) is 4.99 Å². The van der Waals surface area contributed by atoms with Crippen LogP contribution in [0.25, 0.3) is 49.3 Å². The fourth-order valence-corrected chi connectivity index (χ4v) is 5.58. The van der Waals surface area contributed by atoms with Gasteiger partial charge < -0.3 is 9.88 Å². The third-order valence-corrected chi connectivity index (χ3v) is 7.20. The van der Waals surface area contributed by atoms with Gasteiger partial charge in [-0.1, -0.05) is 97.1 Å². The molecule has 5 aromatic carbocycles. The van der Waals surface area contributed by atoms with Crippen LogP contribution in [0.2, 0.25) is 0 Å². The molecule has 0 aliphatic heterocycles. The van der Waals surface area contributed by atoms with E-state index in [1.54, 1.807) is 0 Å².